The van der Waals surface area contributed by atoms with Gasteiger partial charge < -0.3 is 9.32 Å². The molecule has 3 heterocycles. The Morgan fingerprint density at radius 3 is 2.80 bits per heavy atom. The Hall–Kier alpha value is -2.57. The smallest absolute Gasteiger partial charge is 0.165 e. The molecular formula is C22H21Cl2FN4O. The molecule has 4 rings (SSSR count). The van der Waals surface area contributed by atoms with E-state index in [-0.39, 0.29) is 6.67 Å². The number of furan rings is 1. The fraction of sp³-hybridized carbons (Fsp3) is 0.273. The Kier molecular flexibility index (Phi) is 6.25. The van der Waals surface area contributed by atoms with Crippen molar-refractivity contribution in [1.82, 2.24) is 14.4 Å². The Labute approximate surface area is 184 Å². The molecular weight excluding hydrogens is 426 g/mol. The standard InChI is InChI=1S/C22H21Cl2FN4O/c1-2-19-22(28(10-4-8-25)14-16-5-3-12-30-16)29-11-9-26-20(21(29)27-19)17-7-6-15(23)13-18(17)24/h3,5-7,9,11-13H,2,4,8,10,14H2,1H3. The van der Waals surface area contributed by atoms with Crippen molar-refractivity contribution in [2.45, 2.75) is 26.3 Å². The molecule has 8 heteroatoms. The van der Waals surface area contributed by atoms with E-state index < -0.39 is 0 Å². The van der Waals surface area contributed by atoms with Crippen LogP contribution in [-0.4, -0.2) is 27.6 Å². The van der Waals surface area contributed by atoms with Gasteiger partial charge >= 0.3 is 0 Å². The van der Waals surface area contributed by atoms with Crippen molar-refractivity contribution in [1.29, 1.82) is 0 Å². The third-order valence-corrected chi connectivity index (χ3v) is 5.44. The van der Waals surface area contributed by atoms with Gasteiger partial charge in [-0.15, -0.1) is 0 Å². The molecule has 5 nitrogen and oxygen atoms in total. The minimum atomic E-state index is -0.389. The molecule has 0 aliphatic rings. The second-order valence-corrected chi connectivity index (χ2v) is 7.72. The number of alkyl halides is 1. The normalized spacial score (nSPS) is 11.3. The van der Waals surface area contributed by atoms with Crippen molar-refractivity contribution in [3.05, 3.63) is 70.5 Å². The molecule has 0 saturated carbocycles. The highest BCUT2D eigenvalue weighted by atomic mass is 35.5. The summed E-state index contributed by atoms with van der Waals surface area (Å²) in [6.45, 7) is 2.72. The van der Waals surface area contributed by atoms with Crippen molar-refractivity contribution in [2.75, 3.05) is 18.1 Å². The number of imidazole rings is 1. The first-order chi connectivity index (χ1) is 14.6. The molecule has 0 N–H and O–H groups in total. The number of aromatic nitrogens is 3. The minimum absolute atomic E-state index is 0.389. The van der Waals surface area contributed by atoms with Gasteiger partial charge in [0.25, 0.3) is 0 Å². The average Bonchev–Trinajstić information content (AvgIpc) is 3.38. The number of rotatable bonds is 8. The zero-order valence-electron chi connectivity index (χ0n) is 16.5. The number of hydrogen-bond donors (Lipinski definition) is 0. The van der Waals surface area contributed by atoms with Crippen LogP contribution in [0.15, 0.2) is 53.4 Å². The predicted octanol–water partition coefficient (Wildman–Crippen LogP) is 6.22. The molecule has 0 unspecified atom stereocenters. The van der Waals surface area contributed by atoms with E-state index in [1.165, 1.54) is 0 Å². The monoisotopic (exact) mass is 446 g/mol. The van der Waals surface area contributed by atoms with Gasteiger partial charge in [0.05, 0.1) is 30.2 Å². The quantitative estimate of drug-likeness (QED) is 0.322. The Morgan fingerprint density at radius 1 is 1.23 bits per heavy atom. The largest absolute Gasteiger partial charge is 0.467 e. The molecule has 0 fully saturated rings. The van der Waals surface area contributed by atoms with E-state index in [1.54, 1.807) is 24.6 Å². The Balaban J connectivity index is 1.86. The van der Waals surface area contributed by atoms with Crippen LogP contribution in [0.4, 0.5) is 10.2 Å². The minimum Gasteiger partial charge on any atom is -0.467 e. The average molecular weight is 447 g/mol. The van der Waals surface area contributed by atoms with Gasteiger partial charge in [-0.2, -0.15) is 0 Å². The molecule has 0 bridgehead atoms. The van der Waals surface area contributed by atoms with Crippen LogP contribution in [0.2, 0.25) is 10.0 Å². The lowest BCUT2D eigenvalue weighted by molar-refractivity contribution is 0.459. The molecule has 0 aliphatic heterocycles. The van der Waals surface area contributed by atoms with Gasteiger partial charge in [0.1, 0.15) is 17.3 Å². The molecule has 0 radical (unpaired) electrons. The molecule has 156 valence electrons. The van der Waals surface area contributed by atoms with Gasteiger partial charge in [0.2, 0.25) is 0 Å². The second kappa shape index (κ2) is 9.06. The first-order valence-electron chi connectivity index (χ1n) is 9.77. The highest BCUT2D eigenvalue weighted by Crippen LogP contribution is 2.34. The SMILES string of the molecule is CCc1nc2c(-c3ccc(Cl)cc3Cl)nccn2c1N(CCCF)Cc1ccco1. The maximum absolute atomic E-state index is 13.0. The summed E-state index contributed by atoms with van der Waals surface area (Å²) in [4.78, 5) is 11.5. The lowest BCUT2D eigenvalue weighted by Crippen LogP contribution is -2.26. The van der Waals surface area contributed by atoms with Crippen LogP contribution in [-0.2, 0) is 13.0 Å². The number of halogens is 3. The number of nitrogens with zero attached hydrogens (tertiary/aromatic N) is 4. The highest BCUT2D eigenvalue weighted by molar-refractivity contribution is 6.36. The fourth-order valence-corrected chi connectivity index (χ4v) is 4.05. The lowest BCUT2D eigenvalue weighted by atomic mass is 10.1. The zero-order chi connectivity index (χ0) is 21.1. The van der Waals surface area contributed by atoms with Gasteiger partial charge in [-0.25, -0.2) is 4.98 Å². The molecule has 3 aromatic heterocycles. The van der Waals surface area contributed by atoms with Gasteiger partial charge in [-0.1, -0.05) is 30.1 Å². The van der Waals surface area contributed by atoms with Crippen LogP contribution >= 0.6 is 23.2 Å². The Morgan fingerprint density at radius 2 is 2.10 bits per heavy atom. The van der Waals surface area contributed by atoms with Crippen LogP contribution < -0.4 is 4.90 Å². The molecule has 0 amide bonds. The van der Waals surface area contributed by atoms with E-state index in [4.69, 9.17) is 32.6 Å². The van der Waals surface area contributed by atoms with E-state index in [9.17, 15) is 4.39 Å². The van der Waals surface area contributed by atoms with Crippen molar-refractivity contribution >= 4 is 34.7 Å². The van der Waals surface area contributed by atoms with E-state index in [0.29, 0.717) is 40.9 Å². The molecule has 4 aromatic rings. The van der Waals surface area contributed by atoms with Crippen molar-refractivity contribution in [3.63, 3.8) is 0 Å². The van der Waals surface area contributed by atoms with Crippen molar-refractivity contribution < 1.29 is 8.81 Å². The van der Waals surface area contributed by atoms with Crippen LogP contribution in [0, 0.1) is 0 Å². The number of fused-ring (bicyclic) bond motifs is 1. The van der Waals surface area contributed by atoms with E-state index in [2.05, 4.69) is 9.88 Å². The van der Waals surface area contributed by atoms with E-state index in [0.717, 1.165) is 29.3 Å². The maximum Gasteiger partial charge on any atom is 0.165 e. The van der Waals surface area contributed by atoms with Crippen LogP contribution in [0.3, 0.4) is 0 Å². The summed E-state index contributed by atoms with van der Waals surface area (Å²) < 4.78 is 20.6. The van der Waals surface area contributed by atoms with E-state index in [1.807, 2.05) is 35.7 Å². The van der Waals surface area contributed by atoms with Crippen LogP contribution in [0.25, 0.3) is 16.9 Å². The topological polar surface area (TPSA) is 46.6 Å². The summed E-state index contributed by atoms with van der Waals surface area (Å²) in [5.41, 5.74) is 3.02. The summed E-state index contributed by atoms with van der Waals surface area (Å²) in [7, 11) is 0. The number of benzene rings is 1. The van der Waals surface area contributed by atoms with Gasteiger partial charge in [0.15, 0.2) is 5.65 Å². The van der Waals surface area contributed by atoms with Gasteiger partial charge in [-0.05, 0) is 43.2 Å². The lowest BCUT2D eigenvalue weighted by Gasteiger charge is -2.24. The second-order valence-electron chi connectivity index (χ2n) is 6.87. The van der Waals surface area contributed by atoms with Gasteiger partial charge in [-0.3, -0.25) is 13.8 Å². The van der Waals surface area contributed by atoms with Crippen molar-refractivity contribution in [3.8, 4) is 11.3 Å². The maximum atomic E-state index is 13.0. The third kappa shape index (κ3) is 4.02. The molecule has 30 heavy (non-hydrogen) atoms. The van der Waals surface area contributed by atoms with Crippen LogP contribution in [0.5, 0.6) is 0 Å². The molecule has 0 spiro atoms. The van der Waals surface area contributed by atoms with Gasteiger partial charge in [0, 0.05) is 29.5 Å². The molecule has 0 saturated heterocycles. The molecule has 1 aromatic carbocycles. The summed E-state index contributed by atoms with van der Waals surface area (Å²) in [5.74, 6) is 1.71. The van der Waals surface area contributed by atoms with Crippen molar-refractivity contribution in [2.24, 2.45) is 0 Å². The van der Waals surface area contributed by atoms with Crippen LogP contribution in [0.1, 0.15) is 24.8 Å². The summed E-state index contributed by atoms with van der Waals surface area (Å²) >= 11 is 12.5. The summed E-state index contributed by atoms with van der Waals surface area (Å²) in [5, 5.41) is 1.07. The van der Waals surface area contributed by atoms with E-state index >= 15 is 0 Å². The molecule has 0 atom stereocenters. The predicted molar refractivity (Wildman–Crippen MR) is 118 cm³/mol. The number of anilines is 1. The zero-order valence-corrected chi connectivity index (χ0v) is 18.0. The summed E-state index contributed by atoms with van der Waals surface area (Å²) in [6, 6.07) is 9.08. The fourth-order valence-electron chi connectivity index (χ4n) is 3.56. The summed E-state index contributed by atoms with van der Waals surface area (Å²) in [6.07, 6.45) is 6.36. The first kappa shape index (κ1) is 20.7. The highest BCUT2D eigenvalue weighted by Gasteiger charge is 2.22. The first-order valence-corrected chi connectivity index (χ1v) is 10.5. The number of aryl methyl sites for hydroxylation is 1. The Bertz CT molecular complexity index is 1140. The number of hydrogen-bond acceptors (Lipinski definition) is 4. The third-order valence-electron chi connectivity index (χ3n) is 4.90. The molecule has 0 aliphatic carbocycles.